The highest BCUT2D eigenvalue weighted by Crippen LogP contribution is 2.26. The molecule has 1 atom stereocenters. The molecule has 0 amide bonds. The van der Waals surface area contributed by atoms with Crippen LogP contribution in [-0.4, -0.2) is 58.9 Å². The Balaban J connectivity index is 1.47. The van der Waals surface area contributed by atoms with E-state index in [2.05, 4.69) is 33.8 Å². The molecule has 1 saturated heterocycles. The van der Waals surface area contributed by atoms with E-state index in [1.54, 1.807) is 0 Å². The zero-order chi connectivity index (χ0) is 16.8. The molecule has 3 rings (SSSR count). The molecular formula is C18H32N6. The van der Waals surface area contributed by atoms with Gasteiger partial charge in [0.15, 0.2) is 5.96 Å². The van der Waals surface area contributed by atoms with Gasteiger partial charge in [-0.15, -0.1) is 0 Å². The number of hydrogen-bond acceptors (Lipinski definition) is 3. The van der Waals surface area contributed by atoms with Crippen LogP contribution >= 0.6 is 0 Å². The topological polar surface area (TPSA) is 57.5 Å². The Bertz CT molecular complexity index is 531. The van der Waals surface area contributed by atoms with E-state index in [-0.39, 0.29) is 0 Å². The fourth-order valence-corrected chi connectivity index (χ4v) is 3.92. The molecule has 6 nitrogen and oxygen atoms in total. The fourth-order valence-electron chi connectivity index (χ4n) is 3.92. The van der Waals surface area contributed by atoms with E-state index in [0.717, 1.165) is 38.1 Å². The summed E-state index contributed by atoms with van der Waals surface area (Å²) in [5, 5.41) is 11.2. The Hall–Kier alpha value is -1.56. The molecule has 2 heterocycles. The van der Waals surface area contributed by atoms with E-state index in [1.165, 1.54) is 44.2 Å². The van der Waals surface area contributed by atoms with Gasteiger partial charge in [0.1, 0.15) is 0 Å². The van der Waals surface area contributed by atoms with Crippen LogP contribution in [0.4, 0.5) is 0 Å². The van der Waals surface area contributed by atoms with Gasteiger partial charge in [-0.1, -0.05) is 12.8 Å². The van der Waals surface area contributed by atoms with Crippen molar-refractivity contribution in [2.75, 3.05) is 26.2 Å². The Morgan fingerprint density at radius 3 is 2.88 bits per heavy atom. The van der Waals surface area contributed by atoms with E-state index < -0.39 is 0 Å². The number of aliphatic imine (C=N–C) groups is 1. The predicted molar refractivity (Wildman–Crippen MR) is 98.3 cm³/mol. The molecule has 1 unspecified atom stereocenters. The number of guanidine groups is 1. The van der Waals surface area contributed by atoms with Gasteiger partial charge in [0.05, 0.1) is 6.20 Å². The van der Waals surface area contributed by atoms with Crippen molar-refractivity contribution in [3.8, 4) is 0 Å². The summed E-state index contributed by atoms with van der Waals surface area (Å²) < 4.78 is 1.85. The van der Waals surface area contributed by atoms with Crippen LogP contribution in [0.2, 0.25) is 0 Å². The predicted octanol–water partition coefficient (Wildman–Crippen LogP) is 1.53. The molecule has 2 N–H and O–H groups in total. The minimum atomic E-state index is 0.529. The molecule has 2 aliphatic rings. The van der Waals surface area contributed by atoms with Crippen molar-refractivity contribution in [2.45, 2.75) is 57.5 Å². The first-order valence-electron chi connectivity index (χ1n) is 9.51. The first-order valence-corrected chi connectivity index (χ1v) is 9.51. The highest BCUT2D eigenvalue weighted by molar-refractivity contribution is 5.80. The average molecular weight is 332 g/mol. The van der Waals surface area contributed by atoms with Crippen LogP contribution < -0.4 is 10.6 Å². The van der Waals surface area contributed by atoms with Crippen molar-refractivity contribution in [3.63, 3.8) is 0 Å². The Morgan fingerprint density at radius 2 is 2.17 bits per heavy atom. The first-order chi connectivity index (χ1) is 11.7. The summed E-state index contributed by atoms with van der Waals surface area (Å²) in [7, 11) is 1.95. The maximum atomic E-state index is 4.74. The van der Waals surface area contributed by atoms with Crippen molar-refractivity contribution in [1.82, 2.24) is 25.3 Å². The van der Waals surface area contributed by atoms with Crippen molar-refractivity contribution >= 4 is 5.96 Å². The molecule has 1 aromatic rings. The quantitative estimate of drug-likeness (QED) is 0.613. The average Bonchev–Trinajstić information content (AvgIpc) is 3.29. The Kier molecular flexibility index (Phi) is 6.12. The third-order valence-corrected chi connectivity index (χ3v) is 5.17. The van der Waals surface area contributed by atoms with E-state index in [4.69, 9.17) is 4.99 Å². The second kappa shape index (κ2) is 8.51. The highest BCUT2D eigenvalue weighted by atomic mass is 15.3. The molecule has 1 aliphatic heterocycles. The van der Waals surface area contributed by atoms with Gasteiger partial charge in [-0.3, -0.25) is 14.6 Å². The summed E-state index contributed by atoms with van der Waals surface area (Å²) in [5.74, 6) is 0.958. The fraction of sp³-hybridized carbons (Fsp3) is 0.778. The van der Waals surface area contributed by atoms with Crippen molar-refractivity contribution < 1.29 is 0 Å². The van der Waals surface area contributed by atoms with Crippen LogP contribution in [0, 0.1) is 0 Å². The zero-order valence-corrected chi connectivity index (χ0v) is 15.2. The van der Waals surface area contributed by atoms with Crippen LogP contribution in [0.3, 0.4) is 0 Å². The minimum absolute atomic E-state index is 0.529. The van der Waals surface area contributed by atoms with E-state index in [0.29, 0.717) is 6.04 Å². The number of nitrogens with one attached hydrogen (secondary N) is 2. The second-order valence-corrected chi connectivity index (χ2v) is 7.10. The van der Waals surface area contributed by atoms with Crippen LogP contribution in [0.1, 0.15) is 44.6 Å². The number of nitrogens with zero attached hydrogens (tertiary/aromatic N) is 4. The van der Waals surface area contributed by atoms with E-state index >= 15 is 0 Å². The van der Waals surface area contributed by atoms with Crippen LogP contribution in [-0.2, 0) is 13.5 Å². The second-order valence-electron chi connectivity index (χ2n) is 7.10. The summed E-state index contributed by atoms with van der Waals surface area (Å²) in [4.78, 5) is 7.43. The lowest BCUT2D eigenvalue weighted by Crippen LogP contribution is -2.45. The van der Waals surface area contributed by atoms with E-state index in [9.17, 15) is 0 Å². The third-order valence-electron chi connectivity index (χ3n) is 5.17. The maximum absolute atomic E-state index is 4.74. The Morgan fingerprint density at radius 1 is 1.33 bits per heavy atom. The van der Waals surface area contributed by atoms with Gasteiger partial charge in [-0.05, 0) is 38.2 Å². The summed E-state index contributed by atoms with van der Waals surface area (Å²) in [6, 6.07) is 1.36. The van der Waals surface area contributed by atoms with Crippen molar-refractivity contribution in [3.05, 3.63) is 18.0 Å². The number of rotatable bonds is 6. The first kappa shape index (κ1) is 17.3. The number of likely N-dealkylation sites (tertiary alicyclic amines) is 1. The van der Waals surface area contributed by atoms with Crippen LogP contribution in [0.5, 0.6) is 0 Å². The number of hydrogen-bond donors (Lipinski definition) is 2. The van der Waals surface area contributed by atoms with Gasteiger partial charge in [0.2, 0.25) is 0 Å². The molecule has 1 aliphatic carbocycles. The molecule has 0 bridgehead atoms. The summed E-state index contributed by atoms with van der Waals surface area (Å²) >= 11 is 0. The molecule has 6 heteroatoms. The Labute approximate surface area is 145 Å². The molecular weight excluding hydrogens is 300 g/mol. The maximum Gasteiger partial charge on any atom is 0.191 e. The molecule has 2 fully saturated rings. The lowest BCUT2D eigenvalue weighted by Gasteiger charge is -2.24. The van der Waals surface area contributed by atoms with Gasteiger partial charge < -0.3 is 10.6 Å². The van der Waals surface area contributed by atoms with Crippen molar-refractivity contribution in [2.24, 2.45) is 12.0 Å². The molecule has 1 aromatic heterocycles. The van der Waals surface area contributed by atoms with Gasteiger partial charge in [0, 0.05) is 51.5 Å². The molecule has 24 heavy (non-hydrogen) atoms. The molecule has 134 valence electrons. The third kappa shape index (κ3) is 4.72. The lowest BCUT2D eigenvalue weighted by molar-refractivity contribution is 0.242. The number of aromatic nitrogens is 2. The normalized spacial score (nSPS) is 23.1. The van der Waals surface area contributed by atoms with Crippen LogP contribution in [0.25, 0.3) is 0 Å². The SMILES string of the molecule is CCNC(=NCCc1cnn(C)c1)NC1CCN(C2CCCC2)C1. The standard InChI is InChI=1S/C18H32N6/c1-3-19-18(20-10-8-15-12-21-23(2)13-15)22-16-9-11-24(14-16)17-6-4-5-7-17/h12-13,16-17H,3-11,14H2,1-2H3,(H2,19,20,22). The van der Waals surface area contributed by atoms with Crippen molar-refractivity contribution in [1.29, 1.82) is 0 Å². The largest absolute Gasteiger partial charge is 0.357 e. The molecule has 1 saturated carbocycles. The summed E-state index contributed by atoms with van der Waals surface area (Å²) in [5.41, 5.74) is 1.24. The van der Waals surface area contributed by atoms with Gasteiger partial charge in [0.25, 0.3) is 0 Å². The van der Waals surface area contributed by atoms with E-state index in [1.807, 2.05) is 17.9 Å². The minimum Gasteiger partial charge on any atom is -0.357 e. The molecule has 0 aromatic carbocycles. The zero-order valence-electron chi connectivity index (χ0n) is 15.2. The van der Waals surface area contributed by atoms with Gasteiger partial charge in [-0.2, -0.15) is 5.10 Å². The monoisotopic (exact) mass is 332 g/mol. The molecule has 0 spiro atoms. The van der Waals surface area contributed by atoms with Crippen LogP contribution in [0.15, 0.2) is 17.4 Å². The van der Waals surface area contributed by atoms with Gasteiger partial charge >= 0.3 is 0 Å². The lowest BCUT2D eigenvalue weighted by atomic mass is 10.2. The summed E-state index contributed by atoms with van der Waals surface area (Å²) in [6.07, 6.45) is 11.8. The summed E-state index contributed by atoms with van der Waals surface area (Å²) in [6.45, 7) is 6.21. The van der Waals surface area contributed by atoms with Gasteiger partial charge in [-0.25, -0.2) is 0 Å². The smallest absolute Gasteiger partial charge is 0.191 e. The highest BCUT2D eigenvalue weighted by Gasteiger charge is 2.30. The number of aryl methyl sites for hydroxylation is 1. The molecule has 0 radical (unpaired) electrons.